The Bertz CT molecular complexity index is 767. The second-order valence-corrected chi connectivity index (χ2v) is 4.68. The molecule has 114 valence electrons. The van der Waals surface area contributed by atoms with Crippen LogP contribution in [0.15, 0.2) is 41.2 Å². The van der Waals surface area contributed by atoms with Gasteiger partial charge in [-0.2, -0.15) is 5.10 Å². The van der Waals surface area contributed by atoms with Crippen molar-refractivity contribution in [2.45, 2.75) is 19.9 Å². The van der Waals surface area contributed by atoms with Crippen LogP contribution < -0.4 is 16.6 Å². The van der Waals surface area contributed by atoms with Gasteiger partial charge < -0.3 is 11.1 Å². The summed E-state index contributed by atoms with van der Waals surface area (Å²) in [6.07, 6.45) is 0.735. The van der Waals surface area contributed by atoms with Crippen molar-refractivity contribution in [3.8, 4) is 0 Å². The van der Waals surface area contributed by atoms with Gasteiger partial charge in [0.2, 0.25) is 5.91 Å². The van der Waals surface area contributed by atoms with Crippen LogP contribution in [-0.4, -0.2) is 21.6 Å². The van der Waals surface area contributed by atoms with Crippen molar-refractivity contribution in [1.29, 1.82) is 0 Å². The quantitative estimate of drug-likeness (QED) is 0.859. The summed E-state index contributed by atoms with van der Waals surface area (Å²) in [5.41, 5.74) is 5.78. The number of aromatic nitrogens is 2. The molecule has 0 aliphatic heterocycles. The van der Waals surface area contributed by atoms with E-state index in [4.69, 9.17) is 5.73 Å². The highest BCUT2D eigenvalue weighted by atomic mass is 16.2. The van der Waals surface area contributed by atoms with E-state index in [1.807, 2.05) is 6.92 Å². The molecule has 2 amide bonds. The average Bonchev–Trinajstić information content (AvgIpc) is 2.50. The molecule has 0 spiro atoms. The van der Waals surface area contributed by atoms with Gasteiger partial charge in [0.15, 0.2) is 0 Å². The number of nitrogens with two attached hydrogens (primary N) is 1. The van der Waals surface area contributed by atoms with Gasteiger partial charge in [-0.25, -0.2) is 4.68 Å². The molecule has 7 nitrogen and oxygen atoms in total. The van der Waals surface area contributed by atoms with Crippen molar-refractivity contribution >= 4 is 17.5 Å². The van der Waals surface area contributed by atoms with E-state index in [-0.39, 0.29) is 11.3 Å². The number of rotatable bonds is 5. The Kier molecular flexibility index (Phi) is 4.67. The number of aryl methyl sites for hydroxylation is 1. The number of amides is 2. The van der Waals surface area contributed by atoms with Gasteiger partial charge in [-0.05, 0) is 30.7 Å². The molecule has 0 radical (unpaired) electrons. The Hall–Kier alpha value is -2.96. The van der Waals surface area contributed by atoms with E-state index < -0.39 is 11.8 Å². The van der Waals surface area contributed by atoms with Crippen LogP contribution in [0.2, 0.25) is 0 Å². The number of carbonyl (C=O) groups is 2. The number of primary amides is 1. The van der Waals surface area contributed by atoms with Crippen molar-refractivity contribution in [2.75, 3.05) is 5.32 Å². The average molecular weight is 300 g/mol. The molecule has 0 atom stereocenters. The maximum Gasteiger partial charge on any atom is 0.276 e. The fourth-order valence-electron chi connectivity index (χ4n) is 1.89. The van der Waals surface area contributed by atoms with E-state index in [1.165, 1.54) is 22.9 Å². The van der Waals surface area contributed by atoms with Gasteiger partial charge in [0.1, 0.15) is 5.69 Å². The van der Waals surface area contributed by atoms with Gasteiger partial charge in [-0.3, -0.25) is 14.4 Å². The van der Waals surface area contributed by atoms with Crippen LogP contribution in [0.25, 0.3) is 0 Å². The van der Waals surface area contributed by atoms with E-state index in [9.17, 15) is 14.4 Å². The summed E-state index contributed by atoms with van der Waals surface area (Å²) in [4.78, 5) is 34.9. The number of hydrogen-bond donors (Lipinski definition) is 2. The summed E-state index contributed by atoms with van der Waals surface area (Å²) >= 11 is 0. The molecular weight excluding hydrogens is 284 g/mol. The summed E-state index contributed by atoms with van der Waals surface area (Å²) in [7, 11) is 0. The third kappa shape index (κ3) is 3.57. The summed E-state index contributed by atoms with van der Waals surface area (Å²) in [5, 5.41) is 6.63. The predicted molar refractivity (Wildman–Crippen MR) is 81.7 cm³/mol. The summed E-state index contributed by atoms with van der Waals surface area (Å²) in [5.74, 6) is -1.04. The molecule has 22 heavy (non-hydrogen) atoms. The van der Waals surface area contributed by atoms with Crippen molar-refractivity contribution in [3.05, 3.63) is 58.0 Å². The molecule has 0 aliphatic rings. The Morgan fingerprint density at radius 2 is 2.05 bits per heavy atom. The number of nitrogens with zero attached hydrogens (tertiary/aromatic N) is 2. The first kappa shape index (κ1) is 15.4. The highest BCUT2D eigenvalue weighted by Gasteiger charge is 2.10. The first-order valence-corrected chi connectivity index (χ1v) is 6.80. The van der Waals surface area contributed by atoms with Gasteiger partial charge >= 0.3 is 0 Å². The molecule has 0 unspecified atom stereocenters. The molecule has 1 aromatic heterocycles. The zero-order valence-electron chi connectivity index (χ0n) is 12.1. The molecule has 0 bridgehead atoms. The van der Waals surface area contributed by atoms with Crippen LogP contribution in [0.5, 0.6) is 0 Å². The lowest BCUT2D eigenvalue weighted by atomic mass is 10.2. The second-order valence-electron chi connectivity index (χ2n) is 4.68. The lowest BCUT2D eigenvalue weighted by molar-refractivity contribution is 0.0995. The summed E-state index contributed by atoms with van der Waals surface area (Å²) < 4.78 is 1.24. The van der Waals surface area contributed by atoms with Crippen LogP contribution in [0.3, 0.4) is 0 Å². The van der Waals surface area contributed by atoms with Crippen molar-refractivity contribution in [3.63, 3.8) is 0 Å². The van der Waals surface area contributed by atoms with Crippen LogP contribution >= 0.6 is 0 Å². The molecule has 2 rings (SSSR count). The Morgan fingerprint density at radius 3 is 2.73 bits per heavy atom. The van der Waals surface area contributed by atoms with Crippen molar-refractivity contribution in [2.24, 2.45) is 5.73 Å². The normalized spacial score (nSPS) is 10.2. The minimum absolute atomic E-state index is 0.123. The number of nitrogens with one attached hydrogen (secondary N) is 1. The number of anilines is 1. The van der Waals surface area contributed by atoms with E-state index >= 15 is 0 Å². The molecule has 0 saturated heterocycles. The second kappa shape index (κ2) is 6.66. The number of carbonyl (C=O) groups excluding carboxylic acids is 2. The summed E-state index contributed by atoms with van der Waals surface area (Å²) in [6.45, 7) is 2.35. The lowest BCUT2D eigenvalue weighted by Crippen LogP contribution is -2.26. The number of benzene rings is 1. The topological polar surface area (TPSA) is 107 Å². The van der Waals surface area contributed by atoms with Crippen LogP contribution in [0.4, 0.5) is 5.69 Å². The Labute approximate surface area is 126 Å². The maximum atomic E-state index is 12.2. The molecule has 1 aromatic carbocycles. The van der Waals surface area contributed by atoms with E-state index in [0.29, 0.717) is 17.8 Å². The zero-order chi connectivity index (χ0) is 16.1. The van der Waals surface area contributed by atoms with Crippen LogP contribution in [0, 0.1) is 0 Å². The fourth-order valence-corrected chi connectivity index (χ4v) is 1.89. The monoisotopic (exact) mass is 300 g/mol. The molecule has 2 aromatic rings. The molecule has 0 saturated carbocycles. The van der Waals surface area contributed by atoms with Gasteiger partial charge in [-0.1, -0.05) is 13.0 Å². The highest BCUT2D eigenvalue weighted by Crippen LogP contribution is 2.11. The van der Waals surface area contributed by atoms with Crippen molar-refractivity contribution in [1.82, 2.24) is 9.78 Å². The molecule has 7 heteroatoms. The molecular formula is C15H16N4O3. The van der Waals surface area contributed by atoms with E-state index in [1.54, 1.807) is 18.2 Å². The van der Waals surface area contributed by atoms with Crippen molar-refractivity contribution < 1.29 is 9.59 Å². The van der Waals surface area contributed by atoms with Gasteiger partial charge in [0.05, 0.1) is 0 Å². The first-order chi connectivity index (χ1) is 10.5. The van der Waals surface area contributed by atoms with Gasteiger partial charge in [0, 0.05) is 23.9 Å². The fraction of sp³-hybridized carbons (Fsp3) is 0.200. The molecule has 3 N–H and O–H groups in total. The Balaban J connectivity index is 2.22. The highest BCUT2D eigenvalue weighted by molar-refractivity contribution is 6.03. The standard InChI is InChI=1S/C15H16N4O3/c1-2-8-19-13(20)7-6-12(18-19)15(22)17-11-5-3-4-10(9-11)14(16)21/h3-7,9H,2,8H2,1H3,(H2,16,21)(H,17,22). The maximum absolute atomic E-state index is 12.2. The molecule has 0 aliphatic carbocycles. The Morgan fingerprint density at radius 1 is 1.27 bits per heavy atom. The first-order valence-electron chi connectivity index (χ1n) is 6.80. The van der Waals surface area contributed by atoms with Crippen LogP contribution in [-0.2, 0) is 6.54 Å². The molecule has 0 fully saturated rings. The smallest absolute Gasteiger partial charge is 0.276 e. The largest absolute Gasteiger partial charge is 0.366 e. The minimum Gasteiger partial charge on any atom is -0.366 e. The third-order valence-corrected chi connectivity index (χ3v) is 2.94. The minimum atomic E-state index is -0.578. The van der Waals surface area contributed by atoms with E-state index in [2.05, 4.69) is 10.4 Å². The predicted octanol–water partition coefficient (Wildman–Crippen LogP) is 1.00. The third-order valence-electron chi connectivity index (χ3n) is 2.94. The van der Waals surface area contributed by atoms with E-state index in [0.717, 1.165) is 6.42 Å². The van der Waals surface area contributed by atoms with Gasteiger partial charge in [-0.15, -0.1) is 0 Å². The SMILES string of the molecule is CCCn1nc(C(=O)Nc2cccc(C(N)=O)c2)ccc1=O. The zero-order valence-corrected chi connectivity index (χ0v) is 12.1. The lowest BCUT2D eigenvalue weighted by Gasteiger charge is -2.07. The molecule has 1 heterocycles. The summed E-state index contributed by atoms with van der Waals surface area (Å²) in [6, 6.07) is 8.94. The number of hydrogen-bond acceptors (Lipinski definition) is 4. The van der Waals surface area contributed by atoms with Gasteiger partial charge in [0.25, 0.3) is 11.5 Å². The van der Waals surface area contributed by atoms with Crippen LogP contribution in [0.1, 0.15) is 34.2 Å².